The van der Waals surface area contributed by atoms with Gasteiger partial charge in [0, 0.05) is 19.6 Å². The largest absolute Gasteiger partial charge is 0.488 e. The van der Waals surface area contributed by atoms with Crippen molar-refractivity contribution in [2.45, 2.75) is 26.2 Å². The minimum absolute atomic E-state index is 0.106. The number of nitrogens with two attached hydrogens (primary N) is 1. The van der Waals surface area contributed by atoms with Crippen LogP contribution in [0.4, 0.5) is 11.8 Å². The van der Waals surface area contributed by atoms with Crippen molar-refractivity contribution in [3.8, 4) is 5.75 Å². The zero-order valence-corrected chi connectivity index (χ0v) is 10.1. The number of anilines is 2. The Kier molecular flexibility index (Phi) is 6.09. The highest BCUT2D eigenvalue weighted by Gasteiger charge is 2.06. The lowest BCUT2D eigenvalue weighted by molar-refractivity contribution is 0.233. The number of hydrogen-bond acceptors (Lipinski definition) is 6. The first kappa shape index (κ1) is 13.5. The minimum Gasteiger partial charge on any atom is -0.488 e. The van der Waals surface area contributed by atoms with E-state index in [4.69, 9.17) is 15.6 Å². The SMILES string of the molecule is CCCCNc1nc(N)ncc1OCCCO. The summed E-state index contributed by atoms with van der Waals surface area (Å²) in [5.74, 6) is 1.41. The van der Waals surface area contributed by atoms with Gasteiger partial charge < -0.3 is 20.9 Å². The van der Waals surface area contributed by atoms with Crippen molar-refractivity contribution in [2.75, 3.05) is 30.8 Å². The van der Waals surface area contributed by atoms with E-state index in [0.717, 1.165) is 19.4 Å². The molecule has 0 aliphatic heterocycles. The Morgan fingerprint density at radius 3 is 3.00 bits per heavy atom. The number of aliphatic hydroxyl groups is 1. The Balaban J connectivity index is 2.59. The van der Waals surface area contributed by atoms with Gasteiger partial charge in [0.05, 0.1) is 12.8 Å². The van der Waals surface area contributed by atoms with Crippen LogP contribution in [0.25, 0.3) is 0 Å². The topological polar surface area (TPSA) is 93.3 Å². The Labute approximate surface area is 101 Å². The summed E-state index contributed by atoms with van der Waals surface area (Å²) in [4.78, 5) is 7.98. The molecule has 0 spiro atoms. The molecule has 0 saturated heterocycles. The van der Waals surface area contributed by atoms with Gasteiger partial charge in [0.15, 0.2) is 11.6 Å². The van der Waals surface area contributed by atoms with Crippen molar-refractivity contribution in [1.29, 1.82) is 0 Å². The highest BCUT2D eigenvalue weighted by molar-refractivity contribution is 5.51. The molecule has 96 valence electrons. The zero-order chi connectivity index (χ0) is 12.5. The fourth-order valence-corrected chi connectivity index (χ4v) is 1.25. The van der Waals surface area contributed by atoms with Gasteiger partial charge in [-0.3, -0.25) is 0 Å². The van der Waals surface area contributed by atoms with Crippen LogP contribution in [0, 0.1) is 0 Å². The molecule has 1 rings (SSSR count). The molecule has 0 atom stereocenters. The third kappa shape index (κ3) is 4.86. The maximum Gasteiger partial charge on any atom is 0.222 e. The summed E-state index contributed by atoms with van der Waals surface area (Å²) >= 11 is 0. The summed E-state index contributed by atoms with van der Waals surface area (Å²) in [7, 11) is 0. The lowest BCUT2D eigenvalue weighted by atomic mass is 10.3. The fraction of sp³-hybridized carbons (Fsp3) is 0.636. The molecule has 6 nitrogen and oxygen atoms in total. The van der Waals surface area contributed by atoms with Gasteiger partial charge in [0.1, 0.15) is 0 Å². The van der Waals surface area contributed by atoms with Crippen LogP contribution in [0.15, 0.2) is 6.20 Å². The average Bonchev–Trinajstić information content (AvgIpc) is 2.32. The average molecular weight is 240 g/mol. The van der Waals surface area contributed by atoms with E-state index in [-0.39, 0.29) is 12.6 Å². The van der Waals surface area contributed by atoms with Crippen LogP contribution in [-0.2, 0) is 0 Å². The van der Waals surface area contributed by atoms with Gasteiger partial charge in [-0.1, -0.05) is 13.3 Å². The van der Waals surface area contributed by atoms with Crippen LogP contribution in [0.2, 0.25) is 0 Å². The fourth-order valence-electron chi connectivity index (χ4n) is 1.25. The van der Waals surface area contributed by atoms with E-state index in [1.807, 2.05) is 0 Å². The predicted octanol–water partition coefficient (Wildman–Crippen LogP) is 1.03. The molecule has 0 aliphatic carbocycles. The number of nitrogen functional groups attached to an aromatic ring is 1. The molecule has 1 aromatic rings. The number of unbranched alkanes of at least 4 members (excludes halogenated alkanes) is 1. The second-order valence-electron chi connectivity index (χ2n) is 3.65. The van der Waals surface area contributed by atoms with E-state index in [0.29, 0.717) is 24.6 Å². The summed E-state index contributed by atoms with van der Waals surface area (Å²) in [6.07, 6.45) is 4.29. The molecule has 1 heterocycles. The standard InChI is InChI=1S/C11H20N4O2/c1-2-3-5-13-10-9(17-7-4-6-16)8-14-11(12)15-10/h8,16H,2-7H2,1H3,(H3,12,13,14,15). The van der Waals surface area contributed by atoms with Gasteiger partial charge in [-0.25, -0.2) is 4.98 Å². The highest BCUT2D eigenvalue weighted by atomic mass is 16.5. The molecule has 0 unspecified atom stereocenters. The first-order valence-corrected chi connectivity index (χ1v) is 5.88. The minimum atomic E-state index is 0.106. The van der Waals surface area contributed by atoms with Gasteiger partial charge in [0.2, 0.25) is 5.95 Å². The summed E-state index contributed by atoms with van der Waals surface area (Å²) < 4.78 is 5.46. The van der Waals surface area contributed by atoms with E-state index in [9.17, 15) is 0 Å². The summed E-state index contributed by atoms with van der Waals surface area (Å²) in [6.45, 7) is 3.48. The number of rotatable bonds is 8. The predicted molar refractivity (Wildman–Crippen MR) is 67.0 cm³/mol. The molecule has 4 N–H and O–H groups in total. The van der Waals surface area contributed by atoms with E-state index in [1.54, 1.807) is 6.20 Å². The van der Waals surface area contributed by atoms with Gasteiger partial charge in [-0.2, -0.15) is 4.98 Å². The Morgan fingerprint density at radius 2 is 2.29 bits per heavy atom. The van der Waals surface area contributed by atoms with Gasteiger partial charge in [-0.15, -0.1) is 0 Å². The molecule has 0 saturated carbocycles. The Morgan fingerprint density at radius 1 is 1.47 bits per heavy atom. The van der Waals surface area contributed by atoms with Crippen LogP contribution in [0.1, 0.15) is 26.2 Å². The summed E-state index contributed by atoms with van der Waals surface area (Å²) in [5, 5.41) is 11.8. The van der Waals surface area contributed by atoms with Crippen molar-refractivity contribution in [3.05, 3.63) is 6.20 Å². The highest BCUT2D eigenvalue weighted by Crippen LogP contribution is 2.21. The molecule has 0 bridgehead atoms. The molecule has 6 heteroatoms. The molecule has 0 amide bonds. The van der Waals surface area contributed by atoms with Gasteiger partial charge >= 0.3 is 0 Å². The normalized spacial score (nSPS) is 10.2. The van der Waals surface area contributed by atoms with Crippen molar-refractivity contribution in [3.63, 3.8) is 0 Å². The quantitative estimate of drug-likeness (QED) is 0.588. The van der Waals surface area contributed by atoms with E-state index >= 15 is 0 Å². The van der Waals surface area contributed by atoms with Crippen molar-refractivity contribution < 1.29 is 9.84 Å². The monoisotopic (exact) mass is 240 g/mol. The van der Waals surface area contributed by atoms with E-state index in [2.05, 4.69) is 22.2 Å². The molecule has 17 heavy (non-hydrogen) atoms. The van der Waals surface area contributed by atoms with Gasteiger partial charge in [0.25, 0.3) is 0 Å². The molecule has 0 aliphatic rings. The first-order valence-electron chi connectivity index (χ1n) is 5.88. The second kappa shape index (κ2) is 7.67. The number of aliphatic hydroxyl groups excluding tert-OH is 1. The third-order valence-electron chi connectivity index (χ3n) is 2.16. The van der Waals surface area contributed by atoms with Gasteiger partial charge in [-0.05, 0) is 6.42 Å². The van der Waals surface area contributed by atoms with Crippen LogP contribution >= 0.6 is 0 Å². The lowest BCUT2D eigenvalue weighted by Crippen LogP contribution is -2.09. The molecular formula is C11H20N4O2. The second-order valence-corrected chi connectivity index (χ2v) is 3.65. The summed E-state index contributed by atoms with van der Waals surface area (Å²) in [5.41, 5.74) is 5.53. The first-order chi connectivity index (χ1) is 8.27. The molecule has 0 radical (unpaired) electrons. The van der Waals surface area contributed by atoms with Crippen LogP contribution in [0.5, 0.6) is 5.75 Å². The van der Waals surface area contributed by atoms with Crippen LogP contribution in [-0.4, -0.2) is 34.8 Å². The Hall–Kier alpha value is -1.56. The maximum absolute atomic E-state index is 8.68. The number of nitrogens with one attached hydrogen (secondary N) is 1. The molecule has 0 fully saturated rings. The molecule has 0 aromatic carbocycles. The maximum atomic E-state index is 8.68. The van der Waals surface area contributed by atoms with Crippen LogP contribution in [0.3, 0.4) is 0 Å². The molecule has 1 aromatic heterocycles. The smallest absolute Gasteiger partial charge is 0.222 e. The third-order valence-corrected chi connectivity index (χ3v) is 2.16. The Bertz CT molecular complexity index is 333. The summed E-state index contributed by atoms with van der Waals surface area (Å²) in [6, 6.07) is 0. The van der Waals surface area contributed by atoms with E-state index in [1.165, 1.54) is 0 Å². The lowest BCUT2D eigenvalue weighted by Gasteiger charge is -2.11. The number of nitrogens with zero attached hydrogens (tertiary/aromatic N) is 2. The van der Waals surface area contributed by atoms with Crippen molar-refractivity contribution in [2.24, 2.45) is 0 Å². The number of ether oxygens (including phenoxy) is 1. The number of aromatic nitrogens is 2. The number of hydrogen-bond donors (Lipinski definition) is 3. The zero-order valence-electron chi connectivity index (χ0n) is 10.1. The van der Waals surface area contributed by atoms with Crippen molar-refractivity contribution >= 4 is 11.8 Å². The molecular weight excluding hydrogens is 220 g/mol. The van der Waals surface area contributed by atoms with Crippen molar-refractivity contribution in [1.82, 2.24) is 9.97 Å². The van der Waals surface area contributed by atoms with Crippen LogP contribution < -0.4 is 15.8 Å². The van der Waals surface area contributed by atoms with E-state index < -0.39 is 0 Å².